The molecule has 16 heavy (non-hydrogen) atoms. The highest BCUT2D eigenvalue weighted by Crippen LogP contribution is 2.24. The van der Waals surface area contributed by atoms with Crippen molar-refractivity contribution in [3.05, 3.63) is 46.0 Å². The molecule has 0 radical (unpaired) electrons. The first-order chi connectivity index (χ1) is 7.66. The highest BCUT2D eigenvalue weighted by atomic mass is 79.9. The topological polar surface area (TPSA) is 37.8 Å². The van der Waals surface area contributed by atoms with Crippen LogP contribution in [0.2, 0.25) is 5.02 Å². The predicted octanol–water partition coefficient (Wildman–Crippen LogP) is 3.78. The van der Waals surface area contributed by atoms with Crippen molar-refractivity contribution in [2.45, 2.75) is 0 Å². The summed E-state index contributed by atoms with van der Waals surface area (Å²) in [4.78, 5) is 7.83. The molecule has 1 heterocycles. The first kappa shape index (κ1) is 11.3. The Morgan fingerprint density at radius 1 is 1.38 bits per heavy atom. The summed E-state index contributed by atoms with van der Waals surface area (Å²) in [7, 11) is 0. The quantitative estimate of drug-likeness (QED) is 0.917. The van der Waals surface area contributed by atoms with Gasteiger partial charge in [-0.25, -0.2) is 14.4 Å². The van der Waals surface area contributed by atoms with Crippen LogP contribution in [-0.2, 0) is 0 Å². The van der Waals surface area contributed by atoms with Crippen LogP contribution in [0.3, 0.4) is 0 Å². The smallest absolute Gasteiger partial charge is 0.148 e. The number of halogens is 3. The van der Waals surface area contributed by atoms with Gasteiger partial charge in [-0.1, -0.05) is 11.6 Å². The van der Waals surface area contributed by atoms with Crippen LogP contribution < -0.4 is 5.32 Å². The van der Waals surface area contributed by atoms with Gasteiger partial charge in [0.25, 0.3) is 0 Å². The molecule has 0 unspecified atom stereocenters. The van der Waals surface area contributed by atoms with E-state index >= 15 is 0 Å². The average Bonchev–Trinajstić information content (AvgIpc) is 2.27. The molecule has 0 saturated heterocycles. The normalized spacial score (nSPS) is 10.2. The van der Waals surface area contributed by atoms with E-state index in [0.29, 0.717) is 16.0 Å². The van der Waals surface area contributed by atoms with Crippen LogP contribution in [0.15, 0.2) is 35.2 Å². The van der Waals surface area contributed by atoms with Gasteiger partial charge in [-0.05, 0) is 34.1 Å². The summed E-state index contributed by atoms with van der Waals surface area (Å²) in [6, 6.07) is 4.45. The Bertz CT molecular complexity index is 521. The number of hydrogen-bond acceptors (Lipinski definition) is 3. The second kappa shape index (κ2) is 4.76. The minimum atomic E-state index is -0.475. The SMILES string of the molecule is Fc1cc(Nc2ncncc2Br)ccc1Cl. The summed E-state index contributed by atoms with van der Waals surface area (Å²) in [5.41, 5.74) is 0.571. The summed E-state index contributed by atoms with van der Waals surface area (Å²) in [5.74, 6) is 0.0913. The van der Waals surface area contributed by atoms with Crippen molar-refractivity contribution in [1.82, 2.24) is 9.97 Å². The van der Waals surface area contributed by atoms with E-state index in [-0.39, 0.29) is 5.02 Å². The molecular weight excluding hydrogens is 296 g/mol. The van der Waals surface area contributed by atoms with E-state index in [2.05, 4.69) is 31.2 Å². The van der Waals surface area contributed by atoms with E-state index in [4.69, 9.17) is 11.6 Å². The molecule has 0 atom stereocenters. The van der Waals surface area contributed by atoms with Crippen molar-refractivity contribution in [2.75, 3.05) is 5.32 Å². The van der Waals surface area contributed by atoms with Crippen LogP contribution in [0.25, 0.3) is 0 Å². The Labute approximate surface area is 105 Å². The number of nitrogens with one attached hydrogen (secondary N) is 1. The van der Waals surface area contributed by atoms with Gasteiger partial charge in [0.1, 0.15) is 18.0 Å². The molecule has 0 aliphatic heterocycles. The van der Waals surface area contributed by atoms with Crippen molar-refractivity contribution in [3.8, 4) is 0 Å². The van der Waals surface area contributed by atoms with Crippen molar-refractivity contribution in [1.29, 1.82) is 0 Å². The molecule has 1 N–H and O–H groups in total. The van der Waals surface area contributed by atoms with Gasteiger partial charge in [-0.15, -0.1) is 0 Å². The lowest BCUT2D eigenvalue weighted by Crippen LogP contribution is -1.95. The summed E-state index contributed by atoms with van der Waals surface area (Å²) < 4.78 is 13.9. The summed E-state index contributed by atoms with van der Waals surface area (Å²) in [5, 5.41) is 3.03. The summed E-state index contributed by atoms with van der Waals surface area (Å²) in [6.07, 6.45) is 3.00. The van der Waals surface area contributed by atoms with Gasteiger partial charge in [0.2, 0.25) is 0 Å². The van der Waals surface area contributed by atoms with Crippen LogP contribution in [0.1, 0.15) is 0 Å². The van der Waals surface area contributed by atoms with E-state index in [0.717, 1.165) is 0 Å². The highest BCUT2D eigenvalue weighted by Gasteiger charge is 2.04. The Kier molecular flexibility index (Phi) is 3.36. The molecule has 0 aliphatic carbocycles. The number of nitrogens with zero attached hydrogens (tertiary/aromatic N) is 2. The van der Waals surface area contributed by atoms with E-state index < -0.39 is 5.82 Å². The van der Waals surface area contributed by atoms with Crippen LogP contribution in [0.4, 0.5) is 15.9 Å². The molecule has 2 aromatic rings. The van der Waals surface area contributed by atoms with Gasteiger partial charge >= 0.3 is 0 Å². The van der Waals surface area contributed by atoms with Crippen LogP contribution in [0, 0.1) is 5.82 Å². The Morgan fingerprint density at radius 3 is 2.88 bits per heavy atom. The number of aromatic nitrogens is 2. The fourth-order valence-corrected chi connectivity index (χ4v) is 1.55. The second-order valence-electron chi connectivity index (χ2n) is 2.97. The standard InChI is InChI=1S/C10H6BrClFN3/c11-7-4-14-5-15-10(7)16-6-1-2-8(12)9(13)3-6/h1-5H,(H,14,15,16). The maximum atomic E-state index is 13.2. The van der Waals surface area contributed by atoms with Crippen LogP contribution in [-0.4, -0.2) is 9.97 Å². The second-order valence-corrected chi connectivity index (χ2v) is 4.23. The fraction of sp³-hybridized carbons (Fsp3) is 0. The van der Waals surface area contributed by atoms with E-state index in [1.807, 2.05) is 0 Å². The first-order valence-corrected chi connectivity index (χ1v) is 5.51. The van der Waals surface area contributed by atoms with Crippen LogP contribution in [0.5, 0.6) is 0 Å². The molecule has 0 bridgehead atoms. The summed E-state index contributed by atoms with van der Waals surface area (Å²) >= 11 is 8.86. The number of hydrogen-bond donors (Lipinski definition) is 1. The molecule has 0 fully saturated rings. The zero-order valence-electron chi connectivity index (χ0n) is 7.92. The lowest BCUT2D eigenvalue weighted by atomic mass is 10.3. The number of benzene rings is 1. The zero-order valence-corrected chi connectivity index (χ0v) is 10.3. The zero-order chi connectivity index (χ0) is 11.5. The van der Waals surface area contributed by atoms with Crippen molar-refractivity contribution in [3.63, 3.8) is 0 Å². The summed E-state index contributed by atoms with van der Waals surface area (Å²) in [6.45, 7) is 0. The van der Waals surface area contributed by atoms with Crippen molar-refractivity contribution < 1.29 is 4.39 Å². The van der Waals surface area contributed by atoms with Crippen molar-refractivity contribution >= 4 is 39.0 Å². The molecule has 1 aromatic carbocycles. The molecule has 0 aliphatic rings. The van der Waals surface area contributed by atoms with Gasteiger partial charge < -0.3 is 5.32 Å². The first-order valence-electron chi connectivity index (χ1n) is 4.34. The molecule has 1 aromatic heterocycles. The third kappa shape index (κ3) is 2.48. The Balaban J connectivity index is 2.28. The minimum absolute atomic E-state index is 0.0901. The number of rotatable bonds is 2. The third-order valence-electron chi connectivity index (χ3n) is 1.85. The third-order valence-corrected chi connectivity index (χ3v) is 2.74. The maximum absolute atomic E-state index is 13.2. The lowest BCUT2D eigenvalue weighted by molar-refractivity contribution is 0.629. The van der Waals surface area contributed by atoms with E-state index in [1.54, 1.807) is 12.3 Å². The molecule has 0 spiro atoms. The maximum Gasteiger partial charge on any atom is 0.148 e. The van der Waals surface area contributed by atoms with E-state index in [1.165, 1.54) is 18.5 Å². The molecule has 0 saturated carbocycles. The molecule has 6 heteroatoms. The number of anilines is 2. The average molecular weight is 303 g/mol. The highest BCUT2D eigenvalue weighted by molar-refractivity contribution is 9.10. The largest absolute Gasteiger partial charge is 0.339 e. The van der Waals surface area contributed by atoms with E-state index in [9.17, 15) is 4.39 Å². The Morgan fingerprint density at radius 2 is 2.19 bits per heavy atom. The van der Waals surface area contributed by atoms with Crippen LogP contribution >= 0.6 is 27.5 Å². The lowest BCUT2D eigenvalue weighted by Gasteiger charge is -2.07. The van der Waals surface area contributed by atoms with Gasteiger partial charge in [0.15, 0.2) is 0 Å². The van der Waals surface area contributed by atoms with Gasteiger partial charge in [0.05, 0.1) is 9.50 Å². The molecule has 3 nitrogen and oxygen atoms in total. The van der Waals surface area contributed by atoms with Gasteiger partial charge in [0, 0.05) is 11.9 Å². The van der Waals surface area contributed by atoms with Gasteiger partial charge in [-0.2, -0.15) is 0 Å². The van der Waals surface area contributed by atoms with Gasteiger partial charge in [-0.3, -0.25) is 0 Å². The molecule has 0 amide bonds. The minimum Gasteiger partial charge on any atom is -0.339 e. The monoisotopic (exact) mass is 301 g/mol. The Hall–Kier alpha value is -1.20. The predicted molar refractivity (Wildman–Crippen MR) is 64.4 cm³/mol. The molecule has 2 rings (SSSR count). The molecule has 82 valence electrons. The van der Waals surface area contributed by atoms with Crippen molar-refractivity contribution in [2.24, 2.45) is 0 Å². The molecular formula is C10H6BrClFN3. The fourth-order valence-electron chi connectivity index (χ4n) is 1.12.